The van der Waals surface area contributed by atoms with Gasteiger partial charge in [0.05, 0.1) is 13.0 Å². The molecule has 2 rings (SSSR count). The van der Waals surface area contributed by atoms with Gasteiger partial charge in [0.15, 0.2) is 11.6 Å². The van der Waals surface area contributed by atoms with Gasteiger partial charge in [-0.05, 0) is 29.8 Å². The first-order valence-electron chi connectivity index (χ1n) is 6.99. The van der Waals surface area contributed by atoms with Gasteiger partial charge < -0.3 is 10.1 Å². The minimum absolute atomic E-state index is 0.0635. The molecular weight excluding hydrogens is 317 g/mol. The molecule has 0 aliphatic rings. The normalized spacial score (nSPS) is 9.65. The molecule has 0 aromatic heterocycles. The van der Waals surface area contributed by atoms with Crippen LogP contribution in [-0.2, 0) is 11.2 Å². The van der Waals surface area contributed by atoms with Crippen molar-refractivity contribution in [3.8, 4) is 17.6 Å². The van der Waals surface area contributed by atoms with E-state index >= 15 is 0 Å². The van der Waals surface area contributed by atoms with Crippen LogP contribution in [-0.4, -0.2) is 19.1 Å². The lowest BCUT2D eigenvalue weighted by Gasteiger charge is -2.03. The Morgan fingerprint density at radius 2 is 1.87 bits per heavy atom. The molecule has 118 valence electrons. The first-order chi connectivity index (χ1) is 11.1. The van der Waals surface area contributed by atoms with Crippen molar-refractivity contribution < 1.29 is 13.9 Å². The van der Waals surface area contributed by atoms with E-state index in [9.17, 15) is 9.18 Å². The van der Waals surface area contributed by atoms with E-state index in [0.29, 0.717) is 5.02 Å². The molecule has 3 nitrogen and oxygen atoms in total. The molecule has 2 aromatic rings. The standard InChI is InChI=1S/C18H15ClFNO2/c19-15-9-7-14(8-10-15)13-18(22)21-11-3-4-12-23-17-6-2-1-5-16(17)20/h1-2,5-10H,11-13H2,(H,21,22). The van der Waals surface area contributed by atoms with Gasteiger partial charge >= 0.3 is 0 Å². The predicted molar refractivity (Wildman–Crippen MR) is 87.8 cm³/mol. The van der Waals surface area contributed by atoms with Crippen molar-refractivity contribution in [2.24, 2.45) is 0 Å². The van der Waals surface area contributed by atoms with Crippen molar-refractivity contribution >= 4 is 17.5 Å². The molecular formula is C18H15ClFNO2. The third-order valence-corrected chi connectivity index (χ3v) is 3.17. The first kappa shape index (κ1) is 16.9. The maximum Gasteiger partial charge on any atom is 0.225 e. The van der Waals surface area contributed by atoms with Gasteiger partial charge in [-0.25, -0.2) is 4.39 Å². The van der Waals surface area contributed by atoms with Crippen molar-refractivity contribution in [3.63, 3.8) is 0 Å². The molecule has 0 saturated heterocycles. The van der Waals surface area contributed by atoms with Crippen LogP contribution < -0.4 is 10.1 Å². The Kier molecular flexibility index (Phi) is 6.46. The molecule has 0 bridgehead atoms. The van der Waals surface area contributed by atoms with E-state index in [0.717, 1.165) is 5.56 Å². The monoisotopic (exact) mass is 331 g/mol. The summed E-state index contributed by atoms with van der Waals surface area (Å²) in [5.74, 6) is 5.07. The molecule has 2 aromatic carbocycles. The van der Waals surface area contributed by atoms with Gasteiger partial charge in [0.2, 0.25) is 5.91 Å². The number of hydrogen-bond donors (Lipinski definition) is 1. The molecule has 0 fully saturated rings. The predicted octanol–water partition coefficient (Wildman–Crippen LogP) is 3.22. The lowest BCUT2D eigenvalue weighted by molar-refractivity contribution is -0.120. The van der Waals surface area contributed by atoms with Gasteiger partial charge in [0, 0.05) is 5.02 Å². The van der Waals surface area contributed by atoms with Crippen LogP contribution in [0.15, 0.2) is 48.5 Å². The Bertz CT molecular complexity index is 720. The van der Waals surface area contributed by atoms with Crippen molar-refractivity contribution in [2.45, 2.75) is 6.42 Å². The number of nitrogens with one attached hydrogen (secondary N) is 1. The summed E-state index contributed by atoms with van der Waals surface area (Å²) in [6.45, 7) is 0.279. The van der Waals surface area contributed by atoms with Gasteiger partial charge in [-0.2, -0.15) is 0 Å². The number of amides is 1. The number of ether oxygens (including phenoxy) is 1. The van der Waals surface area contributed by atoms with E-state index in [2.05, 4.69) is 17.2 Å². The summed E-state index contributed by atoms with van der Waals surface area (Å²) in [5.41, 5.74) is 0.878. The Morgan fingerprint density at radius 1 is 1.13 bits per heavy atom. The molecule has 23 heavy (non-hydrogen) atoms. The van der Waals surface area contributed by atoms with E-state index in [4.69, 9.17) is 16.3 Å². The number of halogens is 2. The minimum Gasteiger partial charge on any atom is -0.478 e. The quantitative estimate of drug-likeness (QED) is 0.854. The molecule has 1 N–H and O–H groups in total. The second-order valence-electron chi connectivity index (χ2n) is 4.65. The number of carbonyl (C=O) groups excluding carboxylic acids is 1. The second kappa shape index (κ2) is 8.82. The van der Waals surface area contributed by atoms with Gasteiger partial charge in [-0.1, -0.05) is 47.7 Å². The van der Waals surface area contributed by atoms with E-state index in [-0.39, 0.29) is 31.2 Å². The molecule has 0 unspecified atom stereocenters. The van der Waals surface area contributed by atoms with Crippen LogP contribution in [0.1, 0.15) is 5.56 Å². The van der Waals surface area contributed by atoms with Gasteiger partial charge in [0.25, 0.3) is 0 Å². The van der Waals surface area contributed by atoms with Gasteiger partial charge in [0.1, 0.15) is 6.61 Å². The largest absolute Gasteiger partial charge is 0.478 e. The van der Waals surface area contributed by atoms with Crippen molar-refractivity contribution in [1.82, 2.24) is 5.32 Å². The third-order valence-electron chi connectivity index (χ3n) is 2.91. The highest BCUT2D eigenvalue weighted by molar-refractivity contribution is 6.30. The fourth-order valence-electron chi connectivity index (χ4n) is 1.78. The summed E-state index contributed by atoms with van der Waals surface area (Å²) >= 11 is 5.78. The van der Waals surface area contributed by atoms with Crippen LogP contribution in [0.2, 0.25) is 5.02 Å². The number of rotatable bonds is 5. The highest BCUT2D eigenvalue weighted by Gasteiger charge is 2.02. The van der Waals surface area contributed by atoms with Crippen LogP contribution in [0.25, 0.3) is 0 Å². The number of benzene rings is 2. The average molecular weight is 332 g/mol. The highest BCUT2D eigenvalue weighted by Crippen LogP contribution is 2.14. The van der Waals surface area contributed by atoms with Crippen LogP contribution in [0.4, 0.5) is 4.39 Å². The van der Waals surface area contributed by atoms with Crippen molar-refractivity contribution in [1.29, 1.82) is 0 Å². The zero-order valence-electron chi connectivity index (χ0n) is 12.3. The van der Waals surface area contributed by atoms with Crippen LogP contribution >= 0.6 is 11.6 Å². The molecule has 0 heterocycles. The second-order valence-corrected chi connectivity index (χ2v) is 5.09. The lowest BCUT2D eigenvalue weighted by Crippen LogP contribution is -2.25. The number of carbonyl (C=O) groups is 1. The maximum atomic E-state index is 13.3. The third kappa shape index (κ3) is 6.01. The van der Waals surface area contributed by atoms with Crippen LogP contribution in [0, 0.1) is 17.7 Å². The molecule has 0 atom stereocenters. The van der Waals surface area contributed by atoms with E-state index in [1.165, 1.54) is 12.1 Å². The fraction of sp³-hybridized carbons (Fsp3) is 0.167. The fourth-order valence-corrected chi connectivity index (χ4v) is 1.91. The summed E-state index contributed by atoms with van der Waals surface area (Å²) in [5, 5.41) is 3.31. The molecule has 0 spiro atoms. The molecule has 0 radical (unpaired) electrons. The molecule has 0 saturated carbocycles. The Balaban J connectivity index is 1.68. The number of hydrogen-bond acceptors (Lipinski definition) is 2. The molecule has 1 amide bonds. The van der Waals surface area contributed by atoms with Crippen LogP contribution in [0.3, 0.4) is 0 Å². The van der Waals surface area contributed by atoms with Gasteiger partial charge in [-0.3, -0.25) is 4.79 Å². The lowest BCUT2D eigenvalue weighted by atomic mass is 10.1. The van der Waals surface area contributed by atoms with Gasteiger partial charge in [-0.15, -0.1) is 0 Å². The zero-order valence-corrected chi connectivity index (χ0v) is 13.1. The average Bonchev–Trinajstić information content (AvgIpc) is 2.54. The van der Waals surface area contributed by atoms with Crippen molar-refractivity contribution in [2.75, 3.05) is 13.2 Å². The maximum absolute atomic E-state index is 13.3. The molecule has 5 heteroatoms. The topological polar surface area (TPSA) is 38.3 Å². The zero-order chi connectivity index (χ0) is 16.5. The SMILES string of the molecule is O=C(Cc1ccc(Cl)cc1)NCC#CCOc1ccccc1F. The summed E-state index contributed by atoms with van der Waals surface area (Å²) in [6.07, 6.45) is 0.268. The summed E-state index contributed by atoms with van der Waals surface area (Å²) in [7, 11) is 0. The first-order valence-corrected chi connectivity index (χ1v) is 7.37. The molecule has 0 aliphatic heterocycles. The Morgan fingerprint density at radius 3 is 2.61 bits per heavy atom. The smallest absolute Gasteiger partial charge is 0.225 e. The summed E-state index contributed by atoms with van der Waals surface area (Å²) in [4.78, 5) is 11.7. The van der Waals surface area contributed by atoms with Crippen molar-refractivity contribution in [3.05, 3.63) is 64.9 Å². The van der Waals surface area contributed by atoms with E-state index in [1.54, 1.807) is 36.4 Å². The minimum atomic E-state index is -0.425. The van der Waals surface area contributed by atoms with E-state index in [1.807, 2.05) is 0 Å². The van der Waals surface area contributed by atoms with Crippen LogP contribution in [0.5, 0.6) is 5.75 Å². The Labute approximate surface area is 139 Å². The van der Waals surface area contributed by atoms with E-state index < -0.39 is 5.82 Å². The summed E-state index contributed by atoms with van der Waals surface area (Å²) in [6, 6.07) is 13.2. The summed E-state index contributed by atoms with van der Waals surface area (Å²) < 4.78 is 18.4. The highest BCUT2D eigenvalue weighted by atomic mass is 35.5. The molecule has 0 aliphatic carbocycles. The number of para-hydroxylation sites is 1. The Hall–Kier alpha value is -2.51.